The molecule has 0 aliphatic carbocycles. The van der Waals surface area contributed by atoms with Crippen molar-refractivity contribution in [2.75, 3.05) is 32.8 Å². The van der Waals surface area contributed by atoms with Crippen LogP contribution in [0.25, 0.3) is 11.0 Å². The number of aromatic nitrogens is 2. The van der Waals surface area contributed by atoms with E-state index in [0.717, 1.165) is 16.9 Å². The average Bonchev–Trinajstić information content (AvgIpc) is 2.84. The lowest BCUT2D eigenvalue weighted by atomic mass is 10.1. The molecule has 3 aromatic rings. The molecule has 1 saturated heterocycles. The van der Waals surface area contributed by atoms with Gasteiger partial charge in [-0.3, -0.25) is 9.59 Å². The molecule has 0 N–H and O–H groups in total. The molecule has 4 rings (SSSR count). The summed E-state index contributed by atoms with van der Waals surface area (Å²) < 4.78 is 9.75. The van der Waals surface area contributed by atoms with Crippen LogP contribution in [-0.4, -0.2) is 70.5 Å². The van der Waals surface area contributed by atoms with E-state index in [1.165, 1.54) is 0 Å². The summed E-state index contributed by atoms with van der Waals surface area (Å²) in [6, 6.07) is 11.7. The third-order valence-corrected chi connectivity index (χ3v) is 5.74. The van der Waals surface area contributed by atoms with Crippen LogP contribution >= 0.6 is 0 Å². The highest BCUT2D eigenvalue weighted by Gasteiger charge is 2.26. The summed E-state index contributed by atoms with van der Waals surface area (Å²) in [4.78, 5) is 49.8. The Balaban J connectivity index is 1.36. The van der Waals surface area contributed by atoms with Crippen molar-refractivity contribution >= 4 is 29.0 Å². The number of carbonyl (C=O) groups is 3. The molecular formula is C25H26N4O5. The number of hydrogen-bond acceptors (Lipinski definition) is 7. The van der Waals surface area contributed by atoms with Crippen molar-refractivity contribution < 1.29 is 23.9 Å². The highest BCUT2D eigenvalue weighted by molar-refractivity contribution is 5.98. The van der Waals surface area contributed by atoms with Gasteiger partial charge in [-0.2, -0.15) is 0 Å². The van der Waals surface area contributed by atoms with E-state index in [2.05, 4.69) is 9.97 Å². The van der Waals surface area contributed by atoms with E-state index >= 15 is 0 Å². The minimum atomic E-state index is -0.786. The lowest BCUT2D eigenvalue weighted by Crippen LogP contribution is -2.50. The molecule has 2 heterocycles. The molecule has 2 aromatic carbocycles. The molecule has 0 atom stereocenters. The molecule has 1 aliphatic heterocycles. The Labute approximate surface area is 197 Å². The maximum Gasteiger partial charge on any atom is 0.513 e. The predicted molar refractivity (Wildman–Crippen MR) is 125 cm³/mol. The lowest BCUT2D eigenvalue weighted by Gasteiger charge is -2.35. The second-order valence-corrected chi connectivity index (χ2v) is 7.99. The van der Waals surface area contributed by atoms with Crippen LogP contribution in [0.2, 0.25) is 0 Å². The van der Waals surface area contributed by atoms with Crippen molar-refractivity contribution in [3.05, 3.63) is 65.0 Å². The van der Waals surface area contributed by atoms with Gasteiger partial charge < -0.3 is 19.3 Å². The molecule has 9 heteroatoms. The second-order valence-electron chi connectivity index (χ2n) is 7.99. The van der Waals surface area contributed by atoms with Crippen molar-refractivity contribution in [1.82, 2.24) is 19.8 Å². The largest absolute Gasteiger partial charge is 0.513 e. The van der Waals surface area contributed by atoms with Crippen molar-refractivity contribution in [3.63, 3.8) is 0 Å². The van der Waals surface area contributed by atoms with E-state index in [-0.39, 0.29) is 18.4 Å². The zero-order valence-electron chi connectivity index (χ0n) is 19.4. The van der Waals surface area contributed by atoms with E-state index in [0.29, 0.717) is 48.6 Å². The molecule has 0 saturated carbocycles. The number of nitrogens with zero attached hydrogens (tertiary/aromatic N) is 4. The minimum Gasteiger partial charge on any atom is -0.434 e. The maximum atomic E-state index is 13.0. The van der Waals surface area contributed by atoms with Crippen LogP contribution in [-0.2, 0) is 4.74 Å². The van der Waals surface area contributed by atoms with Gasteiger partial charge in [0.2, 0.25) is 0 Å². The number of benzene rings is 2. The molecule has 1 aliphatic rings. The third kappa shape index (κ3) is 4.98. The van der Waals surface area contributed by atoms with Crippen LogP contribution < -0.4 is 4.74 Å². The van der Waals surface area contributed by atoms with Crippen LogP contribution in [0, 0.1) is 13.8 Å². The third-order valence-electron chi connectivity index (χ3n) is 5.74. The fourth-order valence-corrected chi connectivity index (χ4v) is 3.75. The molecule has 0 bridgehead atoms. The lowest BCUT2D eigenvalue weighted by molar-refractivity contribution is 0.0535. The van der Waals surface area contributed by atoms with E-state index < -0.39 is 6.16 Å². The number of amides is 2. The summed E-state index contributed by atoms with van der Waals surface area (Å²) in [5.41, 5.74) is 4.20. The summed E-state index contributed by atoms with van der Waals surface area (Å²) in [7, 11) is 0. The summed E-state index contributed by atoms with van der Waals surface area (Å²) in [5, 5.41) is 0. The van der Waals surface area contributed by atoms with Crippen LogP contribution in [0.1, 0.15) is 39.0 Å². The van der Waals surface area contributed by atoms with E-state index in [1.807, 2.05) is 19.9 Å². The van der Waals surface area contributed by atoms with Crippen LogP contribution in [0.15, 0.2) is 42.5 Å². The number of aryl methyl sites for hydroxylation is 2. The zero-order valence-corrected chi connectivity index (χ0v) is 19.4. The number of carbonyl (C=O) groups excluding carboxylic acids is 3. The Morgan fingerprint density at radius 3 is 1.91 bits per heavy atom. The Hall–Kier alpha value is -4.01. The molecule has 9 nitrogen and oxygen atoms in total. The molecule has 34 heavy (non-hydrogen) atoms. The first kappa shape index (κ1) is 23.2. The fourth-order valence-electron chi connectivity index (χ4n) is 3.75. The Morgan fingerprint density at radius 1 is 0.794 bits per heavy atom. The molecule has 1 aromatic heterocycles. The van der Waals surface area contributed by atoms with Gasteiger partial charge in [-0.15, -0.1) is 0 Å². The van der Waals surface area contributed by atoms with Crippen molar-refractivity contribution in [2.24, 2.45) is 0 Å². The van der Waals surface area contributed by atoms with Crippen molar-refractivity contribution in [3.8, 4) is 5.75 Å². The second kappa shape index (κ2) is 9.86. The first-order valence-corrected chi connectivity index (χ1v) is 11.1. The van der Waals surface area contributed by atoms with Gasteiger partial charge in [-0.25, -0.2) is 14.8 Å². The molecule has 0 radical (unpaired) electrons. The Morgan fingerprint density at radius 2 is 1.32 bits per heavy atom. The molecule has 0 unspecified atom stereocenters. The molecule has 1 fully saturated rings. The smallest absolute Gasteiger partial charge is 0.434 e. The van der Waals surface area contributed by atoms with Crippen LogP contribution in [0.5, 0.6) is 5.75 Å². The normalized spacial score (nSPS) is 13.6. The van der Waals surface area contributed by atoms with Gasteiger partial charge in [0.05, 0.1) is 29.0 Å². The van der Waals surface area contributed by atoms with Crippen LogP contribution in [0.3, 0.4) is 0 Å². The number of piperazine rings is 1. The van der Waals surface area contributed by atoms with Crippen molar-refractivity contribution in [2.45, 2.75) is 20.8 Å². The summed E-state index contributed by atoms with van der Waals surface area (Å²) in [6.07, 6.45) is -0.786. The Bertz CT molecular complexity index is 1230. The maximum absolute atomic E-state index is 13.0. The Kier molecular flexibility index (Phi) is 6.72. The minimum absolute atomic E-state index is 0.0884. The summed E-state index contributed by atoms with van der Waals surface area (Å²) in [5.74, 6) is 0.0759. The number of rotatable bonds is 4. The van der Waals surface area contributed by atoms with Gasteiger partial charge in [0.15, 0.2) is 0 Å². The highest BCUT2D eigenvalue weighted by atomic mass is 16.7. The van der Waals surface area contributed by atoms with Gasteiger partial charge in [0, 0.05) is 37.3 Å². The van der Waals surface area contributed by atoms with E-state index in [1.54, 1.807) is 53.1 Å². The predicted octanol–water partition coefficient (Wildman–Crippen LogP) is 3.38. The monoisotopic (exact) mass is 462 g/mol. The van der Waals surface area contributed by atoms with Crippen molar-refractivity contribution in [1.29, 1.82) is 0 Å². The standard InChI is InChI=1S/C25H26N4O5/c1-4-33-25(32)34-20-8-5-18(6-9-20)23(30)28-11-13-29(14-12-28)24(31)19-7-10-21-22(15-19)27-17(3)16(2)26-21/h5-10,15H,4,11-14H2,1-3H3. The molecular weight excluding hydrogens is 436 g/mol. The fraction of sp³-hybridized carbons (Fsp3) is 0.320. The quantitative estimate of drug-likeness (QED) is 0.433. The highest BCUT2D eigenvalue weighted by Crippen LogP contribution is 2.18. The van der Waals surface area contributed by atoms with Gasteiger partial charge >= 0.3 is 6.16 Å². The van der Waals surface area contributed by atoms with Crippen LogP contribution in [0.4, 0.5) is 4.79 Å². The summed E-state index contributed by atoms with van der Waals surface area (Å²) in [6.45, 7) is 7.44. The van der Waals surface area contributed by atoms with Gasteiger partial charge in [-0.1, -0.05) is 0 Å². The average molecular weight is 463 g/mol. The SMILES string of the molecule is CCOC(=O)Oc1ccc(C(=O)N2CCN(C(=O)c3ccc4nc(C)c(C)nc4c3)CC2)cc1. The molecule has 2 amide bonds. The molecule has 0 spiro atoms. The molecule has 176 valence electrons. The zero-order chi connectivity index (χ0) is 24.2. The number of fused-ring (bicyclic) bond motifs is 1. The topological polar surface area (TPSA) is 102 Å². The first-order chi connectivity index (χ1) is 16.4. The number of ether oxygens (including phenoxy) is 2. The van der Waals surface area contributed by atoms with Gasteiger partial charge in [-0.05, 0) is 63.2 Å². The number of hydrogen-bond donors (Lipinski definition) is 0. The summed E-state index contributed by atoms with van der Waals surface area (Å²) >= 11 is 0. The van der Waals surface area contributed by atoms with E-state index in [4.69, 9.17) is 9.47 Å². The first-order valence-electron chi connectivity index (χ1n) is 11.1. The van der Waals surface area contributed by atoms with E-state index in [9.17, 15) is 14.4 Å². The van der Waals surface area contributed by atoms with Gasteiger partial charge in [0.25, 0.3) is 11.8 Å². The van der Waals surface area contributed by atoms with Gasteiger partial charge in [0.1, 0.15) is 5.75 Å².